The van der Waals surface area contributed by atoms with E-state index < -0.39 is 0 Å². The van der Waals surface area contributed by atoms with Gasteiger partial charge in [0.25, 0.3) is 0 Å². The van der Waals surface area contributed by atoms with E-state index in [0.717, 1.165) is 5.04 Å². The molecule has 0 atom stereocenters. The molecule has 0 rings (SSSR count). The molecule has 0 aliphatic rings. The summed E-state index contributed by atoms with van der Waals surface area (Å²) in [5.74, 6) is 0. The first-order valence-electron chi connectivity index (χ1n) is 2.93. The normalized spacial score (nSPS) is 9.67. The van der Waals surface area contributed by atoms with E-state index in [1.54, 1.807) is 18.9 Å². The number of nitrogens with zero attached hydrogens (tertiary/aromatic N) is 1. The summed E-state index contributed by atoms with van der Waals surface area (Å²) in [7, 11) is 1.54. The number of hydrogen-bond acceptors (Lipinski definition) is 3. The molecule has 3 heteroatoms. The second-order valence-corrected chi connectivity index (χ2v) is 2.00. The lowest BCUT2D eigenvalue weighted by molar-refractivity contribution is 0.214. The van der Waals surface area contributed by atoms with Crippen molar-refractivity contribution in [3.05, 3.63) is 0 Å². The van der Waals surface area contributed by atoms with Gasteiger partial charge in [-0.1, -0.05) is 19.0 Å². The number of hydrogen-bond donors (Lipinski definition) is 0. The van der Waals surface area contributed by atoms with Gasteiger partial charge in [-0.15, -0.1) is 11.8 Å². The van der Waals surface area contributed by atoms with Gasteiger partial charge in [0.1, 0.15) is 12.2 Å². The second kappa shape index (κ2) is 10.7. The maximum Gasteiger partial charge on any atom is 0.109 e. The van der Waals surface area contributed by atoms with Crippen LogP contribution in [0.2, 0.25) is 0 Å². The summed E-state index contributed by atoms with van der Waals surface area (Å²) in [6, 6.07) is 0. The van der Waals surface area contributed by atoms with Gasteiger partial charge >= 0.3 is 0 Å². The summed E-state index contributed by atoms with van der Waals surface area (Å²) in [4.78, 5) is 4.46. The van der Waals surface area contributed by atoms with Crippen molar-refractivity contribution in [2.24, 2.45) is 5.16 Å². The quantitative estimate of drug-likeness (QED) is 0.324. The van der Waals surface area contributed by atoms with Crippen LogP contribution in [0, 0.1) is 0 Å². The topological polar surface area (TPSA) is 21.6 Å². The molecule has 9 heavy (non-hydrogen) atoms. The summed E-state index contributed by atoms with van der Waals surface area (Å²) in [6.07, 6.45) is 1.96. The van der Waals surface area contributed by atoms with Crippen LogP contribution in [0.1, 0.15) is 20.8 Å². The Hall–Kier alpha value is -0.180. The Morgan fingerprint density at radius 1 is 1.44 bits per heavy atom. The van der Waals surface area contributed by atoms with Crippen LogP contribution >= 0.6 is 11.8 Å². The molecule has 0 aromatic heterocycles. The molecule has 0 saturated carbocycles. The third kappa shape index (κ3) is 11.4. The largest absolute Gasteiger partial charge is 0.399 e. The highest BCUT2D eigenvalue weighted by Gasteiger charge is 1.80. The fourth-order valence-corrected chi connectivity index (χ4v) is 0.315. The first kappa shape index (κ1) is 11.6. The Morgan fingerprint density at radius 2 is 1.89 bits per heavy atom. The van der Waals surface area contributed by atoms with Crippen molar-refractivity contribution in [1.82, 2.24) is 0 Å². The maximum atomic E-state index is 4.46. The molecule has 56 valence electrons. The van der Waals surface area contributed by atoms with Gasteiger partial charge in [-0.2, -0.15) is 0 Å². The summed E-state index contributed by atoms with van der Waals surface area (Å²) >= 11 is 1.57. The summed E-state index contributed by atoms with van der Waals surface area (Å²) < 4.78 is 0. The molecule has 0 fully saturated rings. The van der Waals surface area contributed by atoms with E-state index in [0.29, 0.717) is 0 Å². The Morgan fingerprint density at radius 3 is 2.00 bits per heavy atom. The van der Waals surface area contributed by atoms with Crippen LogP contribution in [0.3, 0.4) is 0 Å². The van der Waals surface area contributed by atoms with Crippen molar-refractivity contribution in [1.29, 1.82) is 0 Å². The lowest BCUT2D eigenvalue weighted by Gasteiger charge is -1.88. The zero-order chi connectivity index (χ0) is 7.70. The Kier molecular flexibility index (Phi) is 13.8. The summed E-state index contributed by atoms with van der Waals surface area (Å²) in [5.41, 5.74) is 0. The zero-order valence-electron chi connectivity index (χ0n) is 6.76. The average molecular weight is 149 g/mol. The molecular formula is C6H15NOS. The SMILES string of the molecule is CC.CO/N=C(/C)SC. The van der Waals surface area contributed by atoms with E-state index in [-0.39, 0.29) is 0 Å². The minimum atomic E-state index is 0.947. The third-order valence-corrected chi connectivity index (χ3v) is 1.18. The number of oxime groups is 1. The standard InChI is InChI=1S/C4H9NOS.C2H6/c1-4(7-3)5-6-2;1-2/h1-3H3;1-2H3/b5-4-;. The van der Waals surface area contributed by atoms with Gasteiger partial charge in [0, 0.05) is 0 Å². The molecule has 0 N–H and O–H groups in total. The summed E-state index contributed by atoms with van der Waals surface area (Å²) in [6.45, 7) is 5.90. The molecule has 0 aliphatic heterocycles. The van der Waals surface area contributed by atoms with Crippen LogP contribution in [0.5, 0.6) is 0 Å². The lowest BCUT2D eigenvalue weighted by atomic mass is 10.9. The van der Waals surface area contributed by atoms with Crippen LogP contribution in [-0.2, 0) is 4.84 Å². The molecular weight excluding hydrogens is 134 g/mol. The zero-order valence-corrected chi connectivity index (χ0v) is 7.58. The molecule has 0 aromatic carbocycles. The molecule has 0 spiro atoms. The van der Waals surface area contributed by atoms with Crippen molar-refractivity contribution in [2.75, 3.05) is 13.4 Å². The minimum absolute atomic E-state index is 0.947. The highest BCUT2D eigenvalue weighted by atomic mass is 32.2. The van der Waals surface area contributed by atoms with E-state index in [9.17, 15) is 0 Å². The van der Waals surface area contributed by atoms with E-state index in [1.807, 2.05) is 27.0 Å². The first-order valence-corrected chi connectivity index (χ1v) is 4.15. The van der Waals surface area contributed by atoms with Crippen LogP contribution in [0.25, 0.3) is 0 Å². The molecule has 0 aromatic rings. The van der Waals surface area contributed by atoms with E-state index >= 15 is 0 Å². The van der Waals surface area contributed by atoms with Crippen molar-refractivity contribution in [3.8, 4) is 0 Å². The van der Waals surface area contributed by atoms with Crippen LogP contribution in [-0.4, -0.2) is 18.4 Å². The van der Waals surface area contributed by atoms with Crippen molar-refractivity contribution in [2.45, 2.75) is 20.8 Å². The third-order valence-electron chi connectivity index (χ3n) is 0.515. The van der Waals surface area contributed by atoms with Crippen LogP contribution in [0.4, 0.5) is 0 Å². The second-order valence-electron chi connectivity index (χ2n) is 0.997. The molecule has 0 amide bonds. The number of thioether (sulfide) groups is 1. The van der Waals surface area contributed by atoms with E-state index in [4.69, 9.17) is 0 Å². The molecule has 0 heterocycles. The van der Waals surface area contributed by atoms with Crippen LogP contribution in [0.15, 0.2) is 5.16 Å². The van der Waals surface area contributed by atoms with E-state index in [2.05, 4.69) is 9.99 Å². The number of rotatable bonds is 1. The van der Waals surface area contributed by atoms with Gasteiger partial charge < -0.3 is 4.84 Å². The monoisotopic (exact) mass is 149 g/mol. The molecule has 0 unspecified atom stereocenters. The first-order chi connectivity index (χ1) is 4.31. The highest BCUT2D eigenvalue weighted by molar-refractivity contribution is 8.13. The fraction of sp³-hybridized carbons (Fsp3) is 0.833. The Balaban J connectivity index is 0. The Bertz CT molecular complexity index is 73.5. The van der Waals surface area contributed by atoms with Gasteiger partial charge in [-0.25, -0.2) is 0 Å². The van der Waals surface area contributed by atoms with Gasteiger partial charge in [0.2, 0.25) is 0 Å². The molecule has 0 saturated heterocycles. The molecule has 2 nitrogen and oxygen atoms in total. The summed E-state index contributed by atoms with van der Waals surface area (Å²) in [5, 5.41) is 4.57. The van der Waals surface area contributed by atoms with Gasteiger partial charge in [-0.05, 0) is 13.2 Å². The average Bonchev–Trinajstić information content (AvgIpc) is 1.93. The van der Waals surface area contributed by atoms with E-state index in [1.165, 1.54) is 0 Å². The van der Waals surface area contributed by atoms with Gasteiger partial charge in [0.15, 0.2) is 0 Å². The predicted molar refractivity (Wildman–Crippen MR) is 45.0 cm³/mol. The van der Waals surface area contributed by atoms with Crippen molar-refractivity contribution >= 4 is 16.8 Å². The molecule has 0 aliphatic carbocycles. The predicted octanol–water partition coefficient (Wildman–Crippen LogP) is 2.36. The maximum absolute atomic E-state index is 4.46. The fourth-order valence-electron chi connectivity index (χ4n) is 0.166. The minimum Gasteiger partial charge on any atom is -0.399 e. The van der Waals surface area contributed by atoms with Gasteiger partial charge in [0.05, 0.1) is 0 Å². The highest BCUT2D eigenvalue weighted by Crippen LogP contribution is 1.94. The van der Waals surface area contributed by atoms with Gasteiger partial charge in [-0.3, -0.25) is 0 Å². The van der Waals surface area contributed by atoms with Crippen molar-refractivity contribution < 1.29 is 4.84 Å². The Labute approximate surface area is 61.7 Å². The van der Waals surface area contributed by atoms with Crippen molar-refractivity contribution in [3.63, 3.8) is 0 Å². The lowest BCUT2D eigenvalue weighted by Crippen LogP contribution is -1.80. The molecule has 0 radical (unpaired) electrons. The molecule has 0 bridgehead atoms. The smallest absolute Gasteiger partial charge is 0.109 e. The van der Waals surface area contributed by atoms with Crippen LogP contribution < -0.4 is 0 Å².